The van der Waals surface area contributed by atoms with Gasteiger partial charge in [-0.3, -0.25) is 4.79 Å². The SMILES string of the molecule is Cl.O=C(Nc1cccc(C(F)(F)F)c1)c1cccnc1N1CCOCC1. The molecule has 0 atom stereocenters. The molecule has 140 valence electrons. The number of benzene rings is 1. The van der Waals surface area contributed by atoms with Gasteiger partial charge in [-0.25, -0.2) is 4.98 Å². The summed E-state index contributed by atoms with van der Waals surface area (Å²) in [5.41, 5.74) is -0.427. The summed E-state index contributed by atoms with van der Waals surface area (Å²) in [6.45, 7) is 2.26. The zero-order valence-electron chi connectivity index (χ0n) is 13.6. The number of carbonyl (C=O) groups excluding carboxylic acids is 1. The number of rotatable bonds is 3. The first-order valence-electron chi connectivity index (χ1n) is 7.71. The number of carbonyl (C=O) groups is 1. The smallest absolute Gasteiger partial charge is 0.378 e. The number of nitrogens with zero attached hydrogens (tertiary/aromatic N) is 2. The van der Waals surface area contributed by atoms with Gasteiger partial charge in [-0.2, -0.15) is 13.2 Å². The number of nitrogens with one attached hydrogen (secondary N) is 1. The van der Waals surface area contributed by atoms with Gasteiger partial charge in [-0.1, -0.05) is 6.07 Å². The molecule has 1 saturated heterocycles. The van der Waals surface area contributed by atoms with Gasteiger partial charge in [0.15, 0.2) is 0 Å². The van der Waals surface area contributed by atoms with E-state index in [0.717, 1.165) is 12.1 Å². The molecule has 1 aromatic carbocycles. The molecule has 0 saturated carbocycles. The predicted molar refractivity (Wildman–Crippen MR) is 93.9 cm³/mol. The summed E-state index contributed by atoms with van der Waals surface area (Å²) in [5, 5.41) is 2.51. The monoisotopic (exact) mass is 387 g/mol. The van der Waals surface area contributed by atoms with E-state index >= 15 is 0 Å². The second-order valence-corrected chi connectivity index (χ2v) is 5.51. The molecule has 1 aliphatic heterocycles. The highest BCUT2D eigenvalue weighted by molar-refractivity contribution is 6.07. The highest BCUT2D eigenvalue weighted by Gasteiger charge is 2.30. The van der Waals surface area contributed by atoms with Crippen LogP contribution in [0.1, 0.15) is 15.9 Å². The van der Waals surface area contributed by atoms with E-state index in [-0.39, 0.29) is 18.1 Å². The molecule has 1 fully saturated rings. The maximum absolute atomic E-state index is 12.8. The van der Waals surface area contributed by atoms with E-state index in [1.165, 1.54) is 12.1 Å². The third kappa shape index (κ3) is 4.64. The van der Waals surface area contributed by atoms with Crippen molar-refractivity contribution in [2.75, 3.05) is 36.5 Å². The number of hydrogen-bond acceptors (Lipinski definition) is 4. The summed E-state index contributed by atoms with van der Waals surface area (Å²) < 4.78 is 43.7. The van der Waals surface area contributed by atoms with Crippen LogP contribution in [0.4, 0.5) is 24.7 Å². The largest absolute Gasteiger partial charge is 0.416 e. The van der Waals surface area contributed by atoms with Gasteiger partial charge in [0, 0.05) is 25.0 Å². The minimum Gasteiger partial charge on any atom is -0.378 e. The van der Waals surface area contributed by atoms with Crippen molar-refractivity contribution in [2.45, 2.75) is 6.18 Å². The zero-order valence-corrected chi connectivity index (χ0v) is 14.4. The van der Waals surface area contributed by atoms with Gasteiger partial charge in [-0.15, -0.1) is 12.4 Å². The highest BCUT2D eigenvalue weighted by Crippen LogP contribution is 2.31. The molecule has 0 bridgehead atoms. The van der Waals surface area contributed by atoms with E-state index < -0.39 is 17.6 Å². The number of halogens is 4. The molecule has 3 rings (SSSR count). The highest BCUT2D eigenvalue weighted by atomic mass is 35.5. The maximum Gasteiger partial charge on any atom is 0.416 e. The van der Waals surface area contributed by atoms with Gasteiger partial charge in [0.25, 0.3) is 5.91 Å². The Morgan fingerprint density at radius 1 is 1.15 bits per heavy atom. The summed E-state index contributed by atoms with van der Waals surface area (Å²) in [4.78, 5) is 18.7. The summed E-state index contributed by atoms with van der Waals surface area (Å²) >= 11 is 0. The Kier molecular flexibility index (Phi) is 6.44. The Morgan fingerprint density at radius 2 is 1.88 bits per heavy atom. The van der Waals surface area contributed by atoms with E-state index in [1.54, 1.807) is 18.3 Å². The van der Waals surface area contributed by atoms with Gasteiger partial charge in [0.1, 0.15) is 5.82 Å². The van der Waals surface area contributed by atoms with Crippen LogP contribution in [0, 0.1) is 0 Å². The van der Waals surface area contributed by atoms with Crippen molar-refractivity contribution in [2.24, 2.45) is 0 Å². The van der Waals surface area contributed by atoms with Crippen molar-refractivity contribution in [1.29, 1.82) is 0 Å². The molecular formula is C17H17ClF3N3O2. The van der Waals surface area contributed by atoms with E-state index in [2.05, 4.69) is 10.3 Å². The van der Waals surface area contributed by atoms with Crippen LogP contribution in [0.25, 0.3) is 0 Å². The lowest BCUT2D eigenvalue weighted by Gasteiger charge is -2.29. The molecule has 1 N–H and O–H groups in total. The fourth-order valence-electron chi connectivity index (χ4n) is 2.57. The van der Waals surface area contributed by atoms with Gasteiger partial charge in [0.2, 0.25) is 0 Å². The standard InChI is InChI=1S/C17H16F3N3O2.ClH/c18-17(19,20)12-3-1-4-13(11-12)22-16(24)14-5-2-6-21-15(14)23-7-9-25-10-8-23;/h1-6,11H,7-10H2,(H,22,24);1H. The summed E-state index contributed by atoms with van der Waals surface area (Å²) in [7, 11) is 0. The number of anilines is 2. The van der Waals surface area contributed by atoms with Crippen LogP contribution in [0.2, 0.25) is 0 Å². The summed E-state index contributed by atoms with van der Waals surface area (Å²) in [6, 6.07) is 7.75. The second-order valence-electron chi connectivity index (χ2n) is 5.51. The second kappa shape index (κ2) is 8.37. The van der Waals surface area contributed by atoms with Crippen LogP contribution in [0.5, 0.6) is 0 Å². The first-order chi connectivity index (χ1) is 11.9. The van der Waals surface area contributed by atoms with E-state index in [4.69, 9.17) is 4.74 Å². The van der Waals surface area contributed by atoms with E-state index in [9.17, 15) is 18.0 Å². The lowest BCUT2D eigenvalue weighted by atomic mass is 10.1. The van der Waals surface area contributed by atoms with Gasteiger partial charge < -0.3 is 15.0 Å². The molecule has 5 nitrogen and oxygen atoms in total. The fraction of sp³-hybridized carbons (Fsp3) is 0.294. The molecule has 2 heterocycles. The topological polar surface area (TPSA) is 54.5 Å². The molecule has 9 heteroatoms. The number of morpholine rings is 1. The van der Waals surface area contributed by atoms with Crippen molar-refractivity contribution < 1.29 is 22.7 Å². The molecule has 1 amide bonds. The molecule has 0 radical (unpaired) electrons. The first-order valence-corrected chi connectivity index (χ1v) is 7.71. The Hall–Kier alpha value is -2.32. The molecule has 0 aliphatic carbocycles. The number of pyridine rings is 1. The van der Waals surface area contributed by atoms with Crippen LogP contribution >= 0.6 is 12.4 Å². The molecule has 1 aliphatic rings. The van der Waals surface area contributed by atoms with Crippen molar-refractivity contribution in [1.82, 2.24) is 4.98 Å². The Labute approximate surface area is 154 Å². The maximum atomic E-state index is 12.8. The Balaban J connectivity index is 0.00000243. The van der Waals surface area contributed by atoms with Crippen molar-refractivity contribution in [3.63, 3.8) is 0 Å². The predicted octanol–water partition coefficient (Wildman–Crippen LogP) is 3.61. The zero-order chi connectivity index (χ0) is 17.9. The third-order valence-electron chi connectivity index (χ3n) is 3.79. The fourth-order valence-corrected chi connectivity index (χ4v) is 2.57. The van der Waals surface area contributed by atoms with Gasteiger partial charge in [-0.05, 0) is 30.3 Å². The first kappa shape index (κ1) is 20.0. The van der Waals surface area contributed by atoms with Crippen LogP contribution in [-0.2, 0) is 10.9 Å². The summed E-state index contributed by atoms with van der Waals surface area (Å²) in [6.07, 6.45) is -2.89. The lowest BCUT2D eigenvalue weighted by molar-refractivity contribution is -0.137. The normalized spacial score (nSPS) is 14.5. The van der Waals surface area contributed by atoms with Crippen LogP contribution in [0.15, 0.2) is 42.6 Å². The average Bonchev–Trinajstić information content (AvgIpc) is 2.62. The number of aromatic nitrogens is 1. The third-order valence-corrected chi connectivity index (χ3v) is 3.79. The molecule has 26 heavy (non-hydrogen) atoms. The minimum atomic E-state index is -4.46. The van der Waals surface area contributed by atoms with Crippen LogP contribution < -0.4 is 10.2 Å². The van der Waals surface area contributed by atoms with Gasteiger partial charge in [0.05, 0.1) is 24.3 Å². The van der Waals surface area contributed by atoms with Crippen LogP contribution in [0.3, 0.4) is 0 Å². The van der Waals surface area contributed by atoms with Crippen LogP contribution in [-0.4, -0.2) is 37.2 Å². The molecular weight excluding hydrogens is 371 g/mol. The molecule has 0 unspecified atom stereocenters. The molecule has 0 spiro atoms. The Morgan fingerprint density at radius 3 is 2.58 bits per heavy atom. The number of hydrogen-bond donors (Lipinski definition) is 1. The number of alkyl halides is 3. The lowest BCUT2D eigenvalue weighted by Crippen LogP contribution is -2.38. The number of ether oxygens (including phenoxy) is 1. The van der Waals surface area contributed by atoms with Gasteiger partial charge >= 0.3 is 6.18 Å². The quantitative estimate of drug-likeness (QED) is 0.874. The van der Waals surface area contributed by atoms with Crippen molar-refractivity contribution in [3.05, 3.63) is 53.7 Å². The molecule has 2 aromatic rings. The molecule has 1 aromatic heterocycles. The van der Waals surface area contributed by atoms with E-state index in [1.807, 2.05) is 4.90 Å². The van der Waals surface area contributed by atoms with Crippen molar-refractivity contribution >= 4 is 29.8 Å². The number of amides is 1. The van der Waals surface area contributed by atoms with E-state index in [0.29, 0.717) is 37.7 Å². The summed E-state index contributed by atoms with van der Waals surface area (Å²) in [5.74, 6) is -0.0100. The van der Waals surface area contributed by atoms with Crippen molar-refractivity contribution in [3.8, 4) is 0 Å². The minimum absolute atomic E-state index is 0. The average molecular weight is 388 g/mol. The Bertz CT molecular complexity index is 765.